The Labute approximate surface area is 184 Å². The van der Waals surface area contributed by atoms with Crippen LogP contribution in [0.1, 0.15) is 41.7 Å². The first kappa shape index (κ1) is 21.3. The van der Waals surface area contributed by atoms with E-state index < -0.39 is 5.60 Å². The van der Waals surface area contributed by atoms with E-state index in [9.17, 15) is 9.59 Å². The van der Waals surface area contributed by atoms with Gasteiger partial charge in [0.2, 0.25) is 0 Å². The largest absolute Gasteiger partial charge is 0.444 e. The maximum Gasteiger partial charge on any atom is 0.410 e. The van der Waals surface area contributed by atoms with E-state index >= 15 is 0 Å². The highest BCUT2D eigenvalue weighted by Crippen LogP contribution is 2.31. The summed E-state index contributed by atoms with van der Waals surface area (Å²) >= 11 is 1.61. The maximum absolute atomic E-state index is 13.5. The zero-order chi connectivity index (χ0) is 22.3. The van der Waals surface area contributed by atoms with Gasteiger partial charge in [-0.25, -0.2) is 9.78 Å². The molecule has 0 aromatic carbocycles. The lowest BCUT2D eigenvalue weighted by atomic mass is 10.1. The molecule has 3 aromatic rings. The van der Waals surface area contributed by atoms with Crippen molar-refractivity contribution in [3.63, 3.8) is 0 Å². The number of nitrogens with zero attached hydrogens (tertiary/aromatic N) is 4. The Bertz CT molecular complexity index is 1140. The Morgan fingerprint density at radius 1 is 1.10 bits per heavy atom. The van der Waals surface area contributed by atoms with Crippen LogP contribution in [0.15, 0.2) is 22.7 Å². The van der Waals surface area contributed by atoms with Crippen molar-refractivity contribution < 1.29 is 18.8 Å². The van der Waals surface area contributed by atoms with Gasteiger partial charge in [-0.05, 0) is 52.8 Å². The number of carbonyl (C=O) groups is 2. The van der Waals surface area contributed by atoms with E-state index in [1.807, 2.05) is 45.9 Å². The molecule has 0 saturated carbocycles. The van der Waals surface area contributed by atoms with E-state index in [4.69, 9.17) is 9.26 Å². The van der Waals surface area contributed by atoms with Gasteiger partial charge in [-0.1, -0.05) is 5.16 Å². The van der Waals surface area contributed by atoms with E-state index in [0.29, 0.717) is 54.2 Å². The van der Waals surface area contributed by atoms with Crippen LogP contribution in [0.2, 0.25) is 0 Å². The number of piperazine rings is 1. The van der Waals surface area contributed by atoms with E-state index in [1.54, 1.807) is 28.1 Å². The molecular formula is C22H26N4O4S. The molecule has 0 radical (unpaired) electrons. The number of thiophene rings is 1. The van der Waals surface area contributed by atoms with Crippen molar-refractivity contribution in [1.82, 2.24) is 19.9 Å². The number of aryl methyl sites for hydroxylation is 2. The van der Waals surface area contributed by atoms with Gasteiger partial charge in [-0.3, -0.25) is 4.79 Å². The van der Waals surface area contributed by atoms with Gasteiger partial charge >= 0.3 is 6.09 Å². The number of amides is 2. The van der Waals surface area contributed by atoms with Gasteiger partial charge in [0.25, 0.3) is 11.6 Å². The van der Waals surface area contributed by atoms with Crippen molar-refractivity contribution in [2.75, 3.05) is 26.2 Å². The molecule has 1 saturated heterocycles. The maximum atomic E-state index is 13.5. The molecule has 0 aliphatic carbocycles. The van der Waals surface area contributed by atoms with Crippen molar-refractivity contribution in [2.45, 2.75) is 40.2 Å². The predicted molar refractivity (Wildman–Crippen MR) is 118 cm³/mol. The standard InChI is InChI=1S/C22H26N4O4S/c1-13-6-7-17(31-13)16-12-15(18-14(2)24-30-19(18)23-16)20(27)25-8-10-26(11-9-25)21(28)29-22(3,4)5/h6-7,12H,8-11H2,1-5H3. The van der Waals surface area contributed by atoms with Crippen LogP contribution < -0.4 is 0 Å². The second kappa shape index (κ2) is 7.96. The number of fused-ring (bicyclic) bond motifs is 1. The highest BCUT2D eigenvalue weighted by molar-refractivity contribution is 7.15. The molecule has 0 N–H and O–H groups in total. The molecule has 0 spiro atoms. The monoisotopic (exact) mass is 442 g/mol. The van der Waals surface area contributed by atoms with Crippen LogP contribution >= 0.6 is 11.3 Å². The quantitative estimate of drug-likeness (QED) is 0.589. The van der Waals surface area contributed by atoms with Crippen molar-refractivity contribution in [1.29, 1.82) is 0 Å². The Balaban J connectivity index is 1.58. The SMILES string of the molecule is Cc1ccc(-c2cc(C(=O)N3CCN(C(=O)OC(C)(C)C)CC3)c3c(C)noc3n2)s1. The lowest BCUT2D eigenvalue weighted by Crippen LogP contribution is -2.51. The summed E-state index contributed by atoms with van der Waals surface area (Å²) in [6, 6.07) is 5.83. The molecular weight excluding hydrogens is 416 g/mol. The molecule has 8 nitrogen and oxygen atoms in total. The molecule has 3 aromatic heterocycles. The molecule has 31 heavy (non-hydrogen) atoms. The fourth-order valence-electron chi connectivity index (χ4n) is 3.55. The number of hydrogen-bond donors (Lipinski definition) is 0. The average molecular weight is 443 g/mol. The second-order valence-corrected chi connectivity index (χ2v) is 9.96. The van der Waals surface area contributed by atoms with E-state index in [0.717, 1.165) is 9.75 Å². The molecule has 2 amide bonds. The lowest BCUT2D eigenvalue weighted by Gasteiger charge is -2.35. The Morgan fingerprint density at radius 3 is 2.39 bits per heavy atom. The third-order valence-corrected chi connectivity index (χ3v) is 6.08. The number of aromatic nitrogens is 2. The molecule has 9 heteroatoms. The summed E-state index contributed by atoms with van der Waals surface area (Å²) in [5.74, 6) is -0.114. The van der Waals surface area contributed by atoms with Gasteiger partial charge in [0.15, 0.2) is 0 Å². The predicted octanol–water partition coefficient (Wildman–Crippen LogP) is 4.26. The van der Waals surface area contributed by atoms with Crippen LogP contribution in [0.3, 0.4) is 0 Å². The summed E-state index contributed by atoms with van der Waals surface area (Å²) in [5, 5.41) is 4.65. The zero-order valence-corrected chi connectivity index (χ0v) is 19.2. The first-order valence-electron chi connectivity index (χ1n) is 10.2. The minimum Gasteiger partial charge on any atom is -0.444 e. The zero-order valence-electron chi connectivity index (χ0n) is 18.4. The fraction of sp³-hybridized carbons (Fsp3) is 0.455. The van der Waals surface area contributed by atoms with Crippen molar-refractivity contribution >= 4 is 34.4 Å². The molecule has 0 unspecified atom stereocenters. The van der Waals surface area contributed by atoms with Crippen LogP contribution in [-0.2, 0) is 4.74 Å². The van der Waals surface area contributed by atoms with Gasteiger partial charge in [-0.2, -0.15) is 0 Å². The highest BCUT2D eigenvalue weighted by atomic mass is 32.1. The van der Waals surface area contributed by atoms with Gasteiger partial charge in [0.1, 0.15) is 5.60 Å². The Hall–Kier alpha value is -2.94. The third kappa shape index (κ3) is 4.41. The fourth-order valence-corrected chi connectivity index (χ4v) is 4.38. The molecule has 0 atom stereocenters. The van der Waals surface area contributed by atoms with E-state index in [1.165, 1.54) is 0 Å². The molecule has 164 valence electrons. The number of carbonyl (C=O) groups excluding carboxylic acids is 2. The highest BCUT2D eigenvalue weighted by Gasteiger charge is 2.30. The molecule has 1 aliphatic rings. The normalized spacial score (nSPS) is 14.9. The first-order valence-corrected chi connectivity index (χ1v) is 11.0. The minimum absolute atomic E-state index is 0.114. The lowest BCUT2D eigenvalue weighted by molar-refractivity contribution is 0.0141. The van der Waals surface area contributed by atoms with Crippen molar-refractivity contribution in [2.24, 2.45) is 0 Å². The number of hydrogen-bond acceptors (Lipinski definition) is 7. The van der Waals surface area contributed by atoms with Gasteiger partial charge < -0.3 is 19.1 Å². The van der Waals surface area contributed by atoms with Gasteiger partial charge in [0.05, 0.1) is 27.2 Å². The topological polar surface area (TPSA) is 88.8 Å². The number of pyridine rings is 1. The van der Waals surface area contributed by atoms with Crippen LogP contribution in [0.4, 0.5) is 4.79 Å². The third-order valence-electron chi connectivity index (χ3n) is 5.06. The van der Waals surface area contributed by atoms with Gasteiger partial charge in [0, 0.05) is 31.1 Å². The molecule has 0 bridgehead atoms. The molecule has 4 heterocycles. The Morgan fingerprint density at radius 2 is 1.77 bits per heavy atom. The summed E-state index contributed by atoms with van der Waals surface area (Å²) in [6.07, 6.45) is -0.351. The second-order valence-electron chi connectivity index (χ2n) is 8.67. The summed E-state index contributed by atoms with van der Waals surface area (Å²) in [7, 11) is 0. The van der Waals surface area contributed by atoms with Crippen LogP contribution in [-0.4, -0.2) is 63.7 Å². The van der Waals surface area contributed by atoms with E-state index in [2.05, 4.69) is 10.1 Å². The Kier molecular flexibility index (Phi) is 5.47. The van der Waals surface area contributed by atoms with Gasteiger partial charge in [-0.15, -0.1) is 11.3 Å². The first-order chi connectivity index (χ1) is 14.6. The molecule has 4 rings (SSSR count). The van der Waals surface area contributed by atoms with Crippen LogP contribution in [0, 0.1) is 13.8 Å². The van der Waals surface area contributed by atoms with Crippen LogP contribution in [0.5, 0.6) is 0 Å². The smallest absolute Gasteiger partial charge is 0.410 e. The summed E-state index contributed by atoms with van der Waals surface area (Å²) in [4.78, 5) is 35.9. The summed E-state index contributed by atoms with van der Waals surface area (Å²) in [6.45, 7) is 11.1. The molecule has 1 aliphatic heterocycles. The summed E-state index contributed by atoms with van der Waals surface area (Å²) < 4.78 is 10.8. The number of rotatable bonds is 2. The minimum atomic E-state index is -0.547. The summed E-state index contributed by atoms with van der Waals surface area (Å²) in [5.41, 5.74) is 1.66. The van der Waals surface area contributed by atoms with Crippen molar-refractivity contribution in [3.05, 3.63) is 34.3 Å². The van der Waals surface area contributed by atoms with Crippen LogP contribution in [0.25, 0.3) is 21.7 Å². The molecule has 1 fully saturated rings. The van der Waals surface area contributed by atoms with Crippen molar-refractivity contribution in [3.8, 4) is 10.6 Å². The number of ether oxygens (including phenoxy) is 1. The average Bonchev–Trinajstić information content (AvgIpc) is 3.31. The van der Waals surface area contributed by atoms with E-state index in [-0.39, 0.29) is 12.0 Å².